The normalized spacial score (nSPS) is 12.1. The summed E-state index contributed by atoms with van der Waals surface area (Å²) in [5, 5.41) is 9.33. The van der Waals surface area contributed by atoms with E-state index >= 15 is 0 Å². The smallest absolute Gasteiger partial charge is 0.221 e. The Hall–Kier alpha value is -1.30. The molecule has 0 fully saturated rings. The zero-order valence-electron chi connectivity index (χ0n) is 16.6. The molecule has 0 aromatic rings. The highest BCUT2D eigenvalue weighted by Gasteiger charge is 2.12. The van der Waals surface area contributed by atoms with Gasteiger partial charge in [0.15, 0.2) is 5.96 Å². The third kappa shape index (κ3) is 11.3. The molecular weight excluding hydrogens is 302 g/mol. The van der Waals surface area contributed by atoms with Crippen molar-refractivity contribution in [2.75, 3.05) is 32.7 Å². The number of nitrogens with zero attached hydrogens (tertiary/aromatic N) is 2. The lowest BCUT2D eigenvalue weighted by atomic mass is 10.2. The maximum Gasteiger partial charge on any atom is 0.221 e. The quantitative estimate of drug-likeness (QED) is 0.288. The molecule has 6 heteroatoms. The molecule has 0 bridgehead atoms. The van der Waals surface area contributed by atoms with Crippen LogP contribution >= 0.6 is 0 Å². The van der Waals surface area contributed by atoms with Crippen LogP contribution in [-0.2, 0) is 4.79 Å². The fourth-order valence-corrected chi connectivity index (χ4v) is 2.55. The first-order valence-corrected chi connectivity index (χ1v) is 9.46. The van der Waals surface area contributed by atoms with E-state index in [0.29, 0.717) is 25.0 Å². The van der Waals surface area contributed by atoms with Crippen molar-refractivity contribution >= 4 is 11.9 Å². The van der Waals surface area contributed by atoms with Crippen molar-refractivity contribution in [1.82, 2.24) is 20.9 Å². The molecule has 142 valence electrons. The van der Waals surface area contributed by atoms with Gasteiger partial charge < -0.3 is 16.0 Å². The molecule has 0 aliphatic heterocycles. The monoisotopic (exact) mass is 341 g/mol. The summed E-state index contributed by atoms with van der Waals surface area (Å²) in [4.78, 5) is 18.7. The van der Waals surface area contributed by atoms with E-state index in [1.807, 2.05) is 13.8 Å². The van der Waals surface area contributed by atoms with E-state index in [0.717, 1.165) is 45.0 Å². The van der Waals surface area contributed by atoms with E-state index in [9.17, 15) is 4.79 Å². The number of carbonyl (C=O) groups excluding carboxylic acids is 1. The standard InChI is InChI=1S/C18H39N5O/c1-7-11-20-17(24)10-13-22-18(19-8-2)21-12-9-14-23(15(3)4)16(5)6/h15-16H,7-14H2,1-6H3,(H,20,24)(H2,19,21,22). The lowest BCUT2D eigenvalue weighted by Gasteiger charge is -2.30. The van der Waals surface area contributed by atoms with Gasteiger partial charge in [-0.15, -0.1) is 0 Å². The van der Waals surface area contributed by atoms with Crippen molar-refractivity contribution in [2.45, 2.75) is 72.9 Å². The maximum atomic E-state index is 11.6. The van der Waals surface area contributed by atoms with Gasteiger partial charge in [-0.1, -0.05) is 6.92 Å². The van der Waals surface area contributed by atoms with Crippen LogP contribution in [0.5, 0.6) is 0 Å². The Morgan fingerprint density at radius 2 is 1.67 bits per heavy atom. The number of hydrogen-bond donors (Lipinski definition) is 3. The van der Waals surface area contributed by atoms with Gasteiger partial charge in [-0.25, -0.2) is 0 Å². The minimum Gasteiger partial charge on any atom is -0.357 e. The number of aliphatic imine (C=N–C) groups is 1. The number of carbonyl (C=O) groups is 1. The van der Waals surface area contributed by atoms with Gasteiger partial charge in [0.1, 0.15) is 0 Å². The first kappa shape index (κ1) is 22.7. The highest BCUT2D eigenvalue weighted by atomic mass is 16.1. The van der Waals surface area contributed by atoms with Crippen LogP contribution in [0.2, 0.25) is 0 Å². The van der Waals surface area contributed by atoms with E-state index in [4.69, 9.17) is 0 Å². The Bertz CT molecular complexity index is 347. The van der Waals surface area contributed by atoms with Crippen molar-refractivity contribution in [2.24, 2.45) is 4.99 Å². The summed E-state index contributed by atoms with van der Waals surface area (Å²) in [6.45, 7) is 17.0. The van der Waals surface area contributed by atoms with E-state index in [1.54, 1.807) is 0 Å². The topological polar surface area (TPSA) is 68.8 Å². The number of amides is 1. The Balaban J connectivity index is 4.16. The van der Waals surface area contributed by atoms with Crippen molar-refractivity contribution in [1.29, 1.82) is 0 Å². The van der Waals surface area contributed by atoms with E-state index in [2.05, 4.69) is 53.5 Å². The second kappa shape index (κ2) is 14.1. The van der Waals surface area contributed by atoms with Crippen molar-refractivity contribution in [3.8, 4) is 0 Å². The highest BCUT2D eigenvalue weighted by molar-refractivity contribution is 5.81. The van der Waals surface area contributed by atoms with E-state index in [-0.39, 0.29) is 5.91 Å². The summed E-state index contributed by atoms with van der Waals surface area (Å²) in [5.41, 5.74) is 0. The molecule has 0 spiro atoms. The first-order chi connectivity index (χ1) is 11.4. The minimum absolute atomic E-state index is 0.0877. The van der Waals surface area contributed by atoms with Gasteiger partial charge in [-0.3, -0.25) is 14.7 Å². The van der Waals surface area contributed by atoms with Crippen molar-refractivity contribution < 1.29 is 4.79 Å². The third-order valence-electron chi connectivity index (χ3n) is 3.73. The molecule has 1 amide bonds. The summed E-state index contributed by atoms with van der Waals surface area (Å²) in [5.74, 6) is 0.881. The van der Waals surface area contributed by atoms with Crippen LogP contribution in [0.3, 0.4) is 0 Å². The molecule has 0 aromatic heterocycles. The second-order valence-corrected chi connectivity index (χ2v) is 6.57. The van der Waals surface area contributed by atoms with E-state index in [1.165, 1.54) is 0 Å². The van der Waals surface area contributed by atoms with Crippen LogP contribution in [0.4, 0.5) is 0 Å². The van der Waals surface area contributed by atoms with Gasteiger partial charge in [-0.2, -0.15) is 0 Å². The lowest BCUT2D eigenvalue weighted by molar-refractivity contribution is -0.120. The summed E-state index contributed by atoms with van der Waals surface area (Å²) in [6, 6.07) is 1.11. The predicted molar refractivity (Wildman–Crippen MR) is 103 cm³/mol. The molecule has 0 unspecified atom stereocenters. The molecule has 0 heterocycles. The number of guanidine groups is 1. The van der Waals surface area contributed by atoms with Crippen LogP contribution in [0, 0.1) is 0 Å². The molecule has 24 heavy (non-hydrogen) atoms. The number of nitrogens with one attached hydrogen (secondary N) is 3. The van der Waals surface area contributed by atoms with Gasteiger partial charge in [0, 0.05) is 51.2 Å². The summed E-state index contributed by atoms with van der Waals surface area (Å²) in [7, 11) is 0. The van der Waals surface area contributed by atoms with Gasteiger partial charge in [-0.05, 0) is 47.5 Å². The van der Waals surface area contributed by atoms with Gasteiger partial charge >= 0.3 is 0 Å². The Kier molecular flexibility index (Phi) is 13.3. The predicted octanol–water partition coefficient (Wildman–Crippen LogP) is 1.97. The molecule has 0 saturated carbocycles. The first-order valence-electron chi connectivity index (χ1n) is 9.46. The van der Waals surface area contributed by atoms with Gasteiger partial charge in [0.25, 0.3) is 0 Å². The molecule has 0 aliphatic carbocycles. The van der Waals surface area contributed by atoms with Crippen LogP contribution in [-0.4, -0.2) is 61.6 Å². The lowest BCUT2D eigenvalue weighted by Crippen LogP contribution is -2.40. The molecule has 0 aromatic carbocycles. The molecule has 6 nitrogen and oxygen atoms in total. The molecule has 0 aliphatic rings. The fraction of sp³-hybridized carbons (Fsp3) is 0.889. The molecule has 3 N–H and O–H groups in total. The Morgan fingerprint density at radius 1 is 1.00 bits per heavy atom. The van der Waals surface area contributed by atoms with E-state index < -0.39 is 0 Å². The number of hydrogen-bond acceptors (Lipinski definition) is 3. The van der Waals surface area contributed by atoms with Crippen LogP contribution in [0.1, 0.15) is 60.8 Å². The third-order valence-corrected chi connectivity index (χ3v) is 3.73. The second-order valence-electron chi connectivity index (χ2n) is 6.57. The Morgan fingerprint density at radius 3 is 2.21 bits per heavy atom. The highest BCUT2D eigenvalue weighted by Crippen LogP contribution is 2.05. The molecule has 0 atom stereocenters. The molecule has 0 rings (SSSR count). The molecule has 0 saturated heterocycles. The van der Waals surface area contributed by atoms with Crippen LogP contribution in [0.25, 0.3) is 0 Å². The minimum atomic E-state index is 0.0877. The average molecular weight is 342 g/mol. The maximum absolute atomic E-state index is 11.6. The summed E-state index contributed by atoms with van der Waals surface area (Å²) < 4.78 is 0. The zero-order valence-corrected chi connectivity index (χ0v) is 16.6. The van der Waals surface area contributed by atoms with Gasteiger partial charge in [0.2, 0.25) is 5.91 Å². The van der Waals surface area contributed by atoms with Crippen LogP contribution < -0.4 is 16.0 Å². The number of rotatable bonds is 12. The largest absolute Gasteiger partial charge is 0.357 e. The molecular formula is C18H39N5O. The fourth-order valence-electron chi connectivity index (χ4n) is 2.55. The summed E-state index contributed by atoms with van der Waals surface area (Å²) >= 11 is 0. The summed E-state index contributed by atoms with van der Waals surface area (Å²) in [6.07, 6.45) is 2.47. The van der Waals surface area contributed by atoms with Crippen molar-refractivity contribution in [3.63, 3.8) is 0 Å². The average Bonchev–Trinajstić information content (AvgIpc) is 2.51. The SMILES string of the molecule is CCCNC(=O)CCNC(=NCCCN(C(C)C)C(C)C)NCC. The van der Waals surface area contributed by atoms with Crippen molar-refractivity contribution in [3.05, 3.63) is 0 Å². The van der Waals surface area contributed by atoms with Crippen LogP contribution in [0.15, 0.2) is 4.99 Å². The molecule has 0 radical (unpaired) electrons. The Labute approximate surface area is 148 Å². The zero-order chi connectivity index (χ0) is 18.4. The van der Waals surface area contributed by atoms with Gasteiger partial charge in [0.05, 0.1) is 0 Å².